The minimum Gasteiger partial charge on any atom is -0.459 e. The van der Waals surface area contributed by atoms with Crippen LogP contribution in [0.2, 0.25) is 0 Å². The Morgan fingerprint density at radius 1 is 1.06 bits per heavy atom. The van der Waals surface area contributed by atoms with Crippen molar-refractivity contribution >= 4 is 12.0 Å². The van der Waals surface area contributed by atoms with Crippen LogP contribution in [0.5, 0.6) is 0 Å². The summed E-state index contributed by atoms with van der Waals surface area (Å²) in [7, 11) is 0. The van der Waals surface area contributed by atoms with Gasteiger partial charge in [0.1, 0.15) is 17.3 Å². The summed E-state index contributed by atoms with van der Waals surface area (Å²) in [4.78, 5) is 14.3. The zero-order valence-electron chi connectivity index (χ0n) is 16.8. The van der Waals surface area contributed by atoms with E-state index in [-0.39, 0.29) is 24.2 Å². The third kappa shape index (κ3) is 4.80. The number of amides is 1. The molecule has 0 aliphatic rings. The number of halogens is 1. The quantitative estimate of drug-likeness (QED) is 0.364. The van der Waals surface area contributed by atoms with Crippen LogP contribution < -0.4 is 0 Å². The summed E-state index contributed by atoms with van der Waals surface area (Å²) in [5, 5.41) is 7.94. The molecule has 158 valence electrons. The lowest BCUT2D eigenvalue weighted by atomic mass is 10.1. The molecule has 3 heterocycles. The van der Waals surface area contributed by atoms with Gasteiger partial charge >= 0.3 is 0 Å². The molecular weight excluding hydrogens is 401 g/mol. The van der Waals surface area contributed by atoms with Crippen molar-refractivity contribution in [3.8, 4) is 23.0 Å². The van der Waals surface area contributed by atoms with Crippen molar-refractivity contribution in [2.75, 3.05) is 6.54 Å². The highest BCUT2D eigenvalue weighted by molar-refractivity contribution is 5.91. The number of hydrogen-bond acceptors (Lipinski definition) is 6. The Kier molecular flexibility index (Phi) is 6.07. The van der Waals surface area contributed by atoms with E-state index in [1.54, 1.807) is 53.4 Å². The highest BCUT2D eigenvalue weighted by Crippen LogP contribution is 2.25. The first kappa shape index (κ1) is 20.3. The average Bonchev–Trinajstić information content (AvgIpc) is 3.53. The molecule has 0 saturated carbocycles. The van der Waals surface area contributed by atoms with Crippen molar-refractivity contribution in [3.05, 3.63) is 78.3 Å². The van der Waals surface area contributed by atoms with Crippen LogP contribution in [0.1, 0.15) is 25.0 Å². The van der Waals surface area contributed by atoms with E-state index < -0.39 is 0 Å². The number of benzene rings is 1. The molecule has 3 aromatic heterocycles. The molecule has 7 nitrogen and oxygen atoms in total. The Balaban J connectivity index is 1.44. The smallest absolute Gasteiger partial charge is 0.283 e. The van der Waals surface area contributed by atoms with Gasteiger partial charge in [0.2, 0.25) is 11.8 Å². The predicted octanol–water partition coefficient (Wildman–Crippen LogP) is 5.18. The van der Waals surface area contributed by atoms with Gasteiger partial charge in [0.25, 0.3) is 5.89 Å². The molecule has 1 aromatic carbocycles. The van der Waals surface area contributed by atoms with E-state index in [1.807, 2.05) is 6.92 Å². The van der Waals surface area contributed by atoms with E-state index in [4.69, 9.17) is 13.3 Å². The molecule has 0 aliphatic heterocycles. The third-order valence-electron chi connectivity index (χ3n) is 4.49. The van der Waals surface area contributed by atoms with Crippen LogP contribution in [0.25, 0.3) is 29.1 Å². The zero-order valence-corrected chi connectivity index (χ0v) is 16.8. The van der Waals surface area contributed by atoms with Crippen molar-refractivity contribution in [2.45, 2.75) is 19.9 Å². The molecule has 0 fully saturated rings. The van der Waals surface area contributed by atoms with Gasteiger partial charge in [-0.05, 0) is 48.9 Å². The van der Waals surface area contributed by atoms with Gasteiger partial charge in [0, 0.05) is 12.6 Å². The number of furan rings is 2. The molecule has 8 heteroatoms. The van der Waals surface area contributed by atoms with Gasteiger partial charge in [-0.15, -0.1) is 10.2 Å². The number of carbonyl (C=O) groups is 1. The van der Waals surface area contributed by atoms with Crippen LogP contribution in [0, 0.1) is 5.82 Å². The molecule has 0 spiro atoms. The Hall–Kier alpha value is -3.94. The van der Waals surface area contributed by atoms with E-state index in [0.717, 1.165) is 6.42 Å². The fourth-order valence-electron chi connectivity index (χ4n) is 3.02. The van der Waals surface area contributed by atoms with Crippen molar-refractivity contribution in [3.63, 3.8) is 0 Å². The molecule has 0 bridgehead atoms. The standard InChI is InChI=1S/C23H20FN3O4/c1-2-13-27(15-21-25-26-23(31-21)20-8-5-14-29-20)22(28)12-10-16-9-11-19(30-16)17-6-3-4-7-18(17)24/h3-12,14H,2,13,15H2,1H3. The lowest BCUT2D eigenvalue weighted by Gasteiger charge is -2.18. The largest absolute Gasteiger partial charge is 0.459 e. The number of carbonyl (C=O) groups excluding carboxylic acids is 1. The topological polar surface area (TPSA) is 85.5 Å². The van der Waals surface area contributed by atoms with Gasteiger partial charge in [-0.3, -0.25) is 4.79 Å². The van der Waals surface area contributed by atoms with Gasteiger partial charge < -0.3 is 18.2 Å². The number of aromatic nitrogens is 2. The van der Waals surface area contributed by atoms with Gasteiger partial charge in [-0.2, -0.15) is 0 Å². The maximum atomic E-state index is 13.9. The van der Waals surface area contributed by atoms with E-state index in [2.05, 4.69) is 10.2 Å². The lowest BCUT2D eigenvalue weighted by Crippen LogP contribution is -2.29. The maximum absolute atomic E-state index is 13.9. The van der Waals surface area contributed by atoms with Crippen molar-refractivity contribution in [1.82, 2.24) is 15.1 Å². The minimum absolute atomic E-state index is 0.170. The van der Waals surface area contributed by atoms with Crippen LogP contribution >= 0.6 is 0 Å². The third-order valence-corrected chi connectivity index (χ3v) is 4.49. The maximum Gasteiger partial charge on any atom is 0.283 e. The van der Waals surface area contributed by atoms with E-state index in [9.17, 15) is 9.18 Å². The van der Waals surface area contributed by atoms with Gasteiger partial charge in [-0.1, -0.05) is 19.1 Å². The zero-order chi connectivity index (χ0) is 21.6. The monoisotopic (exact) mass is 421 g/mol. The van der Waals surface area contributed by atoms with Crippen molar-refractivity contribution in [2.24, 2.45) is 0 Å². The number of rotatable bonds is 8. The van der Waals surface area contributed by atoms with Crippen molar-refractivity contribution < 1.29 is 22.4 Å². The first-order valence-electron chi connectivity index (χ1n) is 9.82. The van der Waals surface area contributed by atoms with E-state index >= 15 is 0 Å². The Bertz CT molecular complexity index is 1180. The van der Waals surface area contributed by atoms with Crippen LogP contribution in [-0.4, -0.2) is 27.5 Å². The molecule has 0 aliphatic carbocycles. The predicted molar refractivity (Wildman–Crippen MR) is 111 cm³/mol. The van der Waals surface area contributed by atoms with Crippen molar-refractivity contribution in [1.29, 1.82) is 0 Å². The number of hydrogen-bond donors (Lipinski definition) is 0. The molecule has 0 N–H and O–H groups in total. The Morgan fingerprint density at radius 2 is 1.94 bits per heavy atom. The second-order valence-electron chi connectivity index (χ2n) is 6.75. The number of nitrogens with zero attached hydrogens (tertiary/aromatic N) is 3. The van der Waals surface area contributed by atoms with Gasteiger partial charge in [0.15, 0.2) is 5.76 Å². The Morgan fingerprint density at radius 3 is 2.71 bits per heavy atom. The second kappa shape index (κ2) is 9.25. The molecule has 4 rings (SSSR count). The average molecular weight is 421 g/mol. The molecule has 0 unspecified atom stereocenters. The highest BCUT2D eigenvalue weighted by atomic mass is 19.1. The summed E-state index contributed by atoms with van der Waals surface area (Å²) in [6, 6.07) is 13.1. The summed E-state index contributed by atoms with van der Waals surface area (Å²) in [6.45, 7) is 2.66. The highest BCUT2D eigenvalue weighted by Gasteiger charge is 2.17. The summed E-state index contributed by atoms with van der Waals surface area (Å²) in [6.07, 6.45) is 5.24. The second-order valence-corrected chi connectivity index (χ2v) is 6.75. The normalized spacial score (nSPS) is 11.3. The van der Waals surface area contributed by atoms with Crippen LogP contribution in [0.4, 0.5) is 4.39 Å². The minimum atomic E-state index is -0.369. The van der Waals surface area contributed by atoms with Gasteiger partial charge in [0.05, 0.1) is 18.4 Å². The first-order valence-corrected chi connectivity index (χ1v) is 9.82. The SMILES string of the molecule is CCCN(Cc1nnc(-c2ccco2)o1)C(=O)C=Cc1ccc(-c2ccccc2F)o1. The molecular formula is C23H20FN3O4. The lowest BCUT2D eigenvalue weighted by molar-refractivity contribution is -0.126. The summed E-state index contributed by atoms with van der Waals surface area (Å²) < 4.78 is 30.4. The molecule has 1 amide bonds. The van der Waals surface area contributed by atoms with Crippen LogP contribution in [0.15, 0.2) is 74.1 Å². The Labute approximate surface area is 177 Å². The van der Waals surface area contributed by atoms with E-state index in [0.29, 0.717) is 35.3 Å². The van der Waals surface area contributed by atoms with E-state index in [1.165, 1.54) is 18.4 Å². The summed E-state index contributed by atoms with van der Waals surface area (Å²) >= 11 is 0. The molecule has 31 heavy (non-hydrogen) atoms. The summed E-state index contributed by atoms with van der Waals surface area (Å²) in [5.74, 6) is 1.27. The molecule has 4 aromatic rings. The first-order chi connectivity index (χ1) is 15.1. The molecule has 0 radical (unpaired) electrons. The molecule has 0 saturated heterocycles. The fourth-order valence-corrected chi connectivity index (χ4v) is 3.02. The van der Waals surface area contributed by atoms with Crippen LogP contribution in [0.3, 0.4) is 0 Å². The summed E-state index contributed by atoms with van der Waals surface area (Å²) in [5.41, 5.74) is 0.366. The van der Waals surface area contributed by atoms with Crippen LogP contribution in [-0.2, 0) is 11.3 Å². The van der Waals surface area contributed by atoms with Gasteiger partial charge in [-0.25, -0.2) is 4.39 Å². The molecule has 0 atom stereocenters. The fraction of sp³-hybridized carbons (Fsp3) is 0.174.